The molecule has 0 radical (unpaired) electrons. The molecule has 0 unspecified atom stereocenters. The van der Waals surface area contributed by atoms with Crippen molar-refractivity contribution < 1.29 is 0 Å². The van der Waals surface area contributed by atoms with Gasteiger partial charge in [-0.25, -0.2) is 0 Å². The maximum absolute atomic E-state index is 6.09. The van der Waals surface area contributed by atoms with Gasteiger partial charge in [0.05, 0.1) is 23.1 Å². The second kappa shape index (κ2) is 5.14. The van der Waals surface area contributed by atoms with Crippen molar-refractivity contribution in [3.05, 3.63) is 28.9 Å². The minimum absolute atomic E-state index is 0.588. The molecule has 0 atom stereocenters. The van der Waals surface area contributed by atoms with Crippen molar-refractivity contribution in [2.45, 2.75) is 13.8 Å². The van der Waals surface area contributed by atoms with Gasteiger partial charge in [0.1, 0.15) is 0 Å². The molecule has 0 saturated carbocycles. The first-order valence-electron chi connectivity index (χ1n) is 6.04. The highest BCUT2D eigenvalue weighted by Gasteiger charge is 2.12. The SMILES string of the molecule is CC(C)CN(C)c1c(N)cnc2ccc(Br)cc12. The first-order valence-corrected chi connectivity index (χ1v) is 6.83. The van der Waals surface area contributed by atoms with Crippen molar-refractivity contribution in [2.24, 2.45) is 5.92 Å². The third-order valence-electron chi connectivity index (χ3n) is 2.85. The Balaban J connectivity index is 2.59. The molecular weight excluding hydrogens is 290 g/mol. The van der Waals surface area contributed by atoms with Gasteiger partial charge in [-0.1, -0.05) is 29.8 Å². The van der Waals surface area contributed by atoms with Crippen LogP contribution in [-0.4, -0.2) is 18.6 Å². The van der Waals surface area contributed by atoms with Crippen LogP contribution >= 0.6 is 15.9 Å². The van der Waals surface area contributed by atoms with Crippen LogP contribution in [0.25, 0.3) is 10.9 Å². The fourth-order valence-corrected chi connectivity index (χ4v) is 2.59. The summed E-state index contributed by atoms with van der Waals surface area (Å²) in [7, 11) is 2.08. The molecule has 18 heavy (non-hydrogen) atoms. The van der Waals surface area contributed by atoms with Crippen LogP contribution in [0.15, 0.2) is 28.9 Å². The number of rotatable bonds is 3. The van der Waals surface area contributed by atoms with Crippen LogP contribution < -0.4 is 10.6 Å². The van der Waals surface area contributed by atoms with E-state index in [0.717, 1.165) is 33.3 Å². The van der Waals surface area contributed by atoms with Gasteiger partial charge in [-0.15, -0.1) is 0 Å². The number of anilines is 2. The summed E-state index contributed by atoms with van der Waals surface area (Å²) >= 11 is 3.50. The third-order valence-corrected chi connectivity index (χ3v) is 3.34. The van der Waals surface area contributed by atoms with Gasteiger partial charge in [0, 0.05) is 23.5 Å². The molecule has 0 spiro atoms. The second-order valence-electron chi connectivity index (χ2n) is 5.00. The quantitative estimate of drug-likeness (QED) is 0.940. The second-order valence-corrected chi connectivity index (χ2v) is 5.91. The van der Waals surface area contributed by atoms with Crippen molar-refractivity contribution in [3.8, 4) is 0 Å². The van der Waals surface area contributed by atoms with E-state index in [1.165, 1.54) is 0 Å². The first-order chi connectivity index (χ1) is 8.49. The Morgan fingerprint density at radius 1 is 1.39 bits per heavy atom. The van der Waals surface area contributed by atoms with E-state index >= 15 is 0 Å². The lowest BCUT2D eigenvalue weighted by Crippen LogP contribution is -2.23. The van der Waals surface area contributed by atoms with E-state index in [0.29, 0.717) is 5.92 Å². The summed E-state index contributed by atoms with van der Waals surface area (Å²) in [4.78, 5) is 6.58. The van der Waals surface area contributed by atoms with Crippen LogP contribution in [0.3, 0.4) is 0 Å². The van der Waals surface area contributed by atoms with Gasteiger partial charge in [-0.2, -0.15) is 0 Å². The Hall–Kier alpha value is -1.29. The monoisotopic (exact) mass is 307 g/mol. The van der Waals surface area contributed by atoms with Gasteiger partial charge in [0.2, 0.25) is 0 Å². The van der Waals surface area contributed by atoms with Crippen molar-refractivity contribution in [2.75, 3.05) is 24.2 Å². The number of halogens is 1. The number of pyridine rings is 1. The first kappa shape index (κ1) is 13.1. The van der Waals surface area contributed by atoms with Crippen LogP contribution in [0.1, 0.15) is 13.8 Å². The summed E-state index contributed by atoms with van der Waals surface area (Å²) in [5.41, 5.74) is 8.85. The number of benzene rings is 1. The van der Waals surface area contributed by atoms with Gasteiger partial charge in [0.25, 0.3) is 0 Å². The summed E-state index contributed by atoms with van der Waals surface area (Å²) in [5.74, 6) is 0.588. The Bertz CT molecular complexity index is 561. The van der Waals surface area contributed by atoms with E-state index in [-0.39, 0.29) is 0 Å². The minimum Gasteiger partial charge on any atom is -0.396 e. The fourth-order valence-electron chi connectivity index (χ4n) is 2.23. The third kappa shape index (κ3) is 2.58. The van der Waals surface area contributed by atoms with Crippen molar-refractivity contribution in [1.29, 1.82) is 0 Å². The lowest BCUT2D eigenvalue weighted by molar-refractivity contribution is 0.639. The normalized spacial score (nSPS) is 11.2. The summed E-state index contributed by atoms with van der Waals surface area (Å²) in [6.45, 7) is 5.37. The zero-order chi connectivity index (χ0) is 13.3. The Morgan fingerprint density at radius 3 is 2.78 bits per heavy atom. The zero-order valence-corrected chi connectivity index (χ0v) is 12.5. The molecule has 0 aliphatic rings. The van der Waals surface area contributed by atoms with Gasteiger partial charge in [0.15, 0.2) is 0 Å². The number of aromatic nitrogens is 1. The average molecular weight is 308 g/mol. The molecule has 0 saturated heterocycles. The van der Waals surface area contributed by atoms with Gasteiger partial charge in [-0.3, -0.25) is 4.98 Å². The molecule has 2 aromatic rings. The standard InChI is InChI=1S/C14H18BrN3/c1-9(2)8-18(3)14-11-6-10(15)4-5-13(11)17-7-12(14)16/h4-7,9H,8,16H2,1-3H3. The van der Waals surface area contributed by atoms with Crippen LogP contribution in [0.5, 0.6) is 0 Å². The maximum atomic E-state index is 6.09. The Kier molecular flexibility index (Phi) is 3.76. The predicted molar refractivity (Wildman–Crippen MR) is 82.0 cm³/mol. The van der Waals surface area contributed by atoms with E-state index in [9.17, 15) is 0 Å². The Morgan fingerprint density at radius 2 is 2.11 bits per heavy atom. The number of fused-ring (bicyclic) bond motifs is 1. The number of hydrogen-bond donors (Lipinski definition) is 1. The molecule has 0 bridgehead atoms. The summed E-state index contributed by atoms with van der Waals surface area (Å²) in [5, 5.41) is 1.09. The van der Waals surface area contributed by atoms with E-state index in [4.69, 9.17) is 5.73 Å². The van der Waals surface area contributed by atoms with Crippen LogP contribution in [0.2, 0.25) is 0 Å². The predicted octanol–water partition coefficient (Wildman–Crippen LogP) is 3.67. The van der Waals surface area contributed by atoms with Crippen molar-refractivity contribution >= 4 is 38.2 Å². The molecule has 2 N–H and O–H groups in total. The van der Waals surface area contributed by atoms with Crippen LogP contribution in [0, 0.1) is 5.92 Å². The molecule has 3 nitrogen and oxygen atoms in total. The molecule has 0 amide bonds. The molecule has 1 heterocycles. The van der Waals surface area contributed by atoms with Crippen molar-refractivity contribution in [3.63, 3.8) is 0 Å². The largest absolute Gasteiger partial charge is 0.396 e. The lowest BCUT2D eigenvalue weighted by Gasteiger charge is -2.24. The number of hydrogen-bond acceptors (Lipinski definition) is 3. The van der Waals surface area contributed by atoms with Crippen LogP contribution in [-0.2, 0) is 0 Å². The van der Waals surface area contributed by atoms with E-state index in [1.54, 1.807) is 6.20 Å². The smallest absolute Gasteiger partial charge is 0.0745 e. The molecule has 2 rings (SSSR count). The molecule has 96 valence electrons. The summed E-state index contributed by atoms with van der Waals surface area (Å²) in [6.07, 6.45) is 1.74. The van der Waals surface area contributed by atoms with Crippen LogP contribution in [0.4, 0.5) is 11.4 Å². The minimum atomic E-state index is 0.588. The van der Waals surface area contributed by atoms with E-state index in [2.05, 4.69) is 52.8 Å². The molecule has 4 heteroatoms. The van der Waals surface area contributed by atoms with Crippen molar-refractivity contribution in [1.82, 2.24) is 4.98 Å². The molecule has 0 aliphatic carbocycles. The summed E-state index contributed by atoms with van der Waals surface area (Å²) < 4.78 is 1.04. The van der Waals surface area contributed by atoms with Gasteiger partial charge >= 0.3 is 0 Å². The topological polar surface area (TPSA) is 42.1 Å². The highest BCUT2D eigenvalue weighted by molar-refractivity contribution is 9.10. The average Bonchev–Trinajstić information content (AvgIpc) is 2.27. The van der Waals surface area contributed by atoms with Gasteiger partial charge < -0.3 is 10.6 Å². The molecular formula is C14H18BrN3. The maximum Gasteiger partial charge on any atom is 0.0745 e. The fraction of sp³-hybridized carbons (Fsp3) is 0.357. The highest BCUT2D eigenvalue weighted by atomic mass is 79.9. The van der Waals surface area contributed by atoms with Gasteiger partial charge in [-0.05, 0) is 24.1 Å². The number of nitrogens with two attached hydrogens (primary N) is 1. The molecule has 0 fully saturated rings. The van der Waals surface area contributed by atoms with E-state index < -0.39 is 0 Å². The van der Waals surface area contributed by atoms with E-state index in [1.807, 2.05) is 12.1 Å². The molecule has 0 aliphatic heterocycles. The molecule has 1 aromatic heterocycles. The zero-order valence-electron chi connectivity index (χ0n) is 10.9. The number of nitrogen functional groups attached to an aromatic ring is 1. The highest BCUT2D eigenvalue weighted by Crippen LogP contribution is 2.32. The molecule has 1 aromatic carbocycles. The number of nitrogens with zero attached hydrogens (tertiary/aromatic N) is 2. The summed E-state index contributed by atoms with van der Waals surface area (Å²) in [6, 6.07) is 6.08. The lowest BCUT2D eigenvalue weighted by atomic mass is 10.1. The Labute approximate surface area is 116 Å².